The molecular weight excluding hydrogens is 427 g/mol. The summed E-state index contributed by atoms with van der Waals surface area (Å²) in [5.74, 6) is 0.709. The summed E-state index contributed by atoms with van der Waals surface area (Å²) in [5, 5.41) is 8.14. The first-order valence-electron chi connectivity index (χ1n) is 11.7. The number of benzene rings is 4. The number of hydrogen-bond donors (Lipinski definition) is 0. The summed E-state index contributed by atoms with van der Waals surface area (Å²) in [5.41, 5.74) is 5.36. The number of aromatic nitrogens is 1. The first-order chi connectivity index (χ1) is 17.4. The minimum absolute atomic E-state index is 0.101. The van der Waals surface area contributed by atoms with Crippen LogP contribution in [0.4, 0.5) is 0 Å². The van der Waals surface area contributed by atoms with Gasteiger partial charge in [0.25, 0.3) is 0 Å². The number of pyridine rings is 1. The van der Waals surface area contributed by atoms with Crippen LogP contribution in [0.5, 0.6) is 5.75 Å². The molecule has 0 aliphatic heterocycles. The van der Waals surface area contributed by atoms with Gasteiger partial charge in [-0.25, -0.2) is 4.98 Å². The van der Waals surface area contributed by atoms with Crippen molar-refractivity contribution in [3.63, 3.8) is 0 Å². The van der Waals surface area contributed by atoms with E-state index in [0.717, 1.165) is 0 Å². The van der Waals surface area contributed by atoms with Crippen LogP contribution in [0.25, 0.3) is 0 Å². The summed E-state index contributed by atoms with van der Waals surface area (Å²) in [4.78, 5) is 2.85. The van der Waals surface area contributed by atoms with Gasteiger partial charge in [-0.3, -0.25) is 0 Å². The second kappa shape index (κ2) is 12.0. The molecule has 1 heterocycles. The summed E-state index contributed by atoms with van der Waals surface area (Å²) >= 11 is 0. The number of nitrogens with zero attached hydrogens (tertiary/aromatic N) is 1. The number of aromatic amines is 1. The molecule has 1 aromatic heterocycles. The van der Waals surface area contributed by atoms with Crippen LogP contribution < -0.4 is 31.6 Å². The van der Waals surface area contributed by atoms with Crippen LogP contribution in [-0.2, 0) is 0 Å². The van der Waals surface area contributed by atoms with Gasteiger partial charge in [-0.05, 0) is 0 Å². The number of ether oxygens (including phenoxy) is 1. The lowest BCUT2D eigenvalue weighted by Gasteiger charge is -2.44. The van der Waals surface area contributed by atoms with Gasteiger partial charge in [-0.1, -0.05) is 121 Å². The molecule has 0 radical (unpaired) electrons. The van der Waals surface area contributed by atoms with E-state index in [9.17, 15) is 0 Å². The first-order valence-corrected chi connectivity index (χ1v) is 11.7. The van der Waals surface area contributed by atoms with Gasteiger partial charge in [0, 0.05) is 12.1 Å². The molecule has 0 atom stereocenters. The van der Waals surface area contributed by atoms with Crippen LogP contribution in [-0.4, -0.2) is 12.8 Å². The number of H-pyrrole nitrogens is 1. The molecule has 1 N–H and O–H groups in total. The maximum atomic E-state index is 8.14. The Balaban J connectivity index is 0.000000243. The summed E-state index contributed by atoms with van der Waals surface area (Å²) < 4.78 is 4.97. The molecule has 0 spiro atoms. The topological polar surface area (TPSA) is 47.2 Å². The van der Waals surface area contributed by atoms with Crippen LogP contribution in [0.3, 0.4) is 0 Å². The summed E-state index contributed by atoms with van der Waals surface area (Å²) in [6.07, 6.45) is 2.27. The lowest BCUT2D eigenvalue weighted by atomic mass is 9.13. The molecule has 5 aromatic rings. The van der Waals surface area contributed by atoms with Gasteiger partial charge in [0.1, 0.15) is 18.0 Å². The zero-order chi connectivity index (χ0) is 24.2. The molecular formula is C31H27BN2O. The number of rotatable bonds is 6. The number of nitriles is 1. The highest BCUT2D eigenvalue weighted by atomic mass is 16.5. The zero-order valence-corrected chi connectivity index (χ0v) is 19.5. The average molecular weight is 454 g/mol. The monoisotopic (exact) mass is 454 g/mol. The Morgan fingerprint density at radius 3 is 1.20 bits per heavy atom. The van der Waals surface area contributed by atoms with E-state index in [4.69, 9.17) is 10.00 Å². The van der Waals surface area contributed by atoms with Crippen LogP contribution in [0.1, 0.15) is 0 Å². The SMILES string of the molecule is N#CCOc1cc[nH+]cc1.c1ccc([B-](c2ccccc2)(c2ccccc2)c2ccccc2)cc1. The normalized spacial score (nSPS) is 10.4. The molecule has 0 amide bonds. The third kappa shape index (κ3) is 5.48. The van der Waals surface area contributed by atoms with Crippen LogP contribution >= 0.6 is 0 Å². The predicted molar refractivity (Wildman–Crippen MR) is 144 cm³/mol. The van der Waals surface area contributed by atoms with Crippen molar-refractivity contribution >= 4 is 28.0 Å². The Morgan fingerprint density at radius 2 is 0.886 bits per heavy atom. The van der Waals surface area contributed by atoms with Crippen molar-refractivity contribution in [1.29, 1.82) is 5.26 Å². The van der Waals surface area contributed by atoms with Gasteiger partial charge in [0.15, 0.2) is 19.0 Å². The molecule has 0 aliphatic carbocycles. The fourth-order valence-electron chi connectivity index (χ4n) is 4.70. The van der Waals surface area contributed by atoms with Crippen molar-refractivity contribution in [2.24, 2.45) is 0 Å². The molecule has 4 aromatic carbocycles. The molecule has 4 heteroatoms. The Labute approximate surface area is 207 Å². The van der Waals surface area contributed by atoms with Crippen molar-refractivity contribution in [1.82, 2.24) is 0 Å². The van der Waals surface area contributed by atoms with Gasteiger partial charge >= 0.3 is 0 Å². The predicted octanol–water partition coefficient (Wildman–Crippen LogP) is 3.47. The van der Waals surface area contributed by atoms with Gasteiger partial charge in [0.05, 0.1) is 0 Å². The lowest BCUT2D eigenvalue weighted by molar-refractivity contribution is -0.378. The molecule has 0 saturated carbocycles. The third-order valence-corrected chi connectivity index (χ3v) is 6.19. The van der Waals surface area contributed by atoms with Crippen molar-refractivity contribution in [2.45, 2.75) is 0 Å². The molecule has 5 rings (SSSR count). The van der Waals surface area contributed by atoms with E-state index in [2.05, 4.69) is 126 Å². The van der Waals surface area contributed by atoms with E-state index in [1.165, 1.54) is 21.9 Å². The van der Waals surface area contributed by atoms with Crippen LogP contribution in [0.2, 0.25) is 0 Å². The van der Waals surface area contributed by atoms with E-state index in [-0.39, 0.29) is 6.61 Å². The minimum Gasteiger partial charge on any atom is -0.478 e. The van der Waals surface area contributed by atoms with Crippen molar-refractivity contribution in [3.05, 3.63) is 146 Å². The van der Waals surface area contributed by atoms with Gasteiger partial charge in [-0.2, -0.15) is 27.1 Å². The minimum atomic E-state index is -1.22. The first kappa shape index (κ1) is 23.5. The quantitative estimate of drug-likeness (QED) is 0.369. The smallest absolute Gasteiger partial charge is 0.174 e. The van der Waals surface area contributed by atoms with Gasteiger partial charge < -0.3 is 4.74 Å². The van der Waals surface area contributed by atoms with Gasteiger partial charge in [0.2, 0.25) is 0 Å². The molecule has 3 nitrogen and oxygen atoms in total. The van der Waals surface area contributed by atoms with Crippen LogP contribution in [0.15, 0.2) is 146 Å². The molecule has 0 aliphatic rings. The van der Waals surface area contributed by atoms with E-state index in [0.29, 0.717) is 5.75 Å². The third-order valence-electron chi connectivity index (χ3n) is 6.19. The van der Waals surface area contributed by atoms with Crippen molar-refractivity contribution in [3.8, 4) is 11.8 Å². The van der Waals surface area contributed by atoms with Crippen LogP contribution in [0, 0.1) is 11.3 Å². The summed E-state index contributed by atoms with van der Waals surface area (Å²) in [6, 6.07) is 48.9. The molecule has 0 saturated heterocycles. The largest absolute Gasteiger partial charge is 0.478 e. The molecule has 0 fully saturated rings. The van der Waals surface area contributed by atoms with Gasteiger partial charge in [-0.15, -0.1) is 0 Å². The van der Waals surface area contributed by atoms with Crippen molar-refractivity contribution < 1.29 is 9.72 Å². The average Bonchev–Trinajstić information content (AvgIpc) is 2.96. The van der Waals surface area contributed by atoms with E-state index < -0.39 is 6.15 Å². The molecule has 35 heavy (non-hydrogen) atoms. The number of hydrogen-bond acceptors (Lipinski definition) is 2. The highest BCUT2D eigenvalue weighted by Gasteiger charge is 2.30. The Hall–Kier alpha value is -4.62. The zero-order valence-electron chi connectivity index (χ0n) is 19.5. The van der Waals surface area contributed by atoms with E-state index >= 15 is 0 Å². The highest BCUT2D eigenvalue weighted by molar-refractivity contribution is 7.19. The second-order valence-electron chi connectivity index (χ2n) is 8.19. The fourth-order valence-corrected chi connectivity index (χ4v) is 4.70. The highest BCUT2D eigenvalue weighted by Crippen LogP contribution is 2.09. The van der Waals surface area contributed by atoms with Crippen molar-refractivity contribution in [2.75, 3.05) is 6.61 Å². The second-order valence-corrected chi connectivity index (χ2v) is 8.19. The Kier molecular flexibility index (Phi) is 8.08. The summed E-state index contributed by atoms with van der Waals surface area (Å²) in [6.45, 7) is 0.101. The van der Waals surface area contributed by atoms with E-state index in [1.54, 1.807) is 24.5 Å². The summed E-state index contributed by atoms with van der Waals surface area (Å²) in [7, 11) is 0. The van der Waals surface area contributed by atoms with E-state index in [1.807, 2.05) is 6.07 Å². The maximum Gasteiger partial charge on any atom is 0.174 e. The number of nitrogens with one attached hydrogen (secondary N) is 1. The molecule has 170 valence electrons. The molecule has 0 unspecified atom stereocenters. The Morgan fingerprint density at radius 1 is 0.543 bits per heavy atom. The fraction of sp³-hybridized carbons (Fsp3) is 0.0323. The maximum absolute atomic E-state index is 8.14. The standard InChI is InChI=1S/C24H20B.C7H6N2O/c1-5-13-21(14-6-1)25(22-15-7-2-8-16-22,23-17-9-3-10-18-23)24-19-11-4-12-20-24;8-3-6-10-7-1-4-9-5-2-7/h1-20H;1-2,4-5H,6H2/q-1;/p+1. The molecule has 0 bridgehead atoms. The Bertz CT molecular complexity index is 1160. The lowest BCUT2D eigenvalue weighted by Crippen LogP contribution is -2.74.